The number of rotatable bonds is 6. The SMILES string of the molecule is Cc1coc(CC(=O)O)c1C(=O)N1CCC(CCC(C)C)CC1. The molecule has 5 nitrogen and oxygen atoms in total. The van der Waals surface area contributed by atoms with Crippen LogP contribution >= 0.6 is 0 Å². The van der Waals surface area contributed by atoms with Gasteiger partial charge in [-0.25, -0.2) is 0 Å². The molecule has 0 atom stereocenters. The summed E-state index contributed by atoms with van der Waals surface area (Å²) < 4.78 is 5.28. The molecule has 1 fully saturated rings. The van der Waals surface area contributed by atoms with Crippen LogP contribution in [0.5, 0.6) is 0 Å². The maximum Gasteiger partial charge on any atom is 0.311 e. The van der Waals surface area contributed by atoms with E-state index in [0.29, 0.717) is 17.0 Å². The molecule has 1 saturated heterocycles. The molecule has 0 spiro atoms. The Morgan fingerprint density at radius 2 is 2.00 bits per heavy atom. The zero-order valence-corrected chi connectivity index (χ0v) is 14.3. The number of nitrogens with zero attached hydrogens (tertiary/aromatic N) is 1. The van der Waals surface area contributed by atoms with Crippen molar-refractivity contribution in [2.75, 3.05) is 13.1 Å². The summed E-state index contributed by atoms with van der Waals surface area (Å²) in [6.45, 7) is 7.77. The van der Waals surface area contributed by atoms with Gasteiger partial charge in [0.15, 0.2) is 0 Å². The van der Waals surface area contributed by atoms with E-state index in [2.05, 4.69) is 13.8 Å². The number of piperidine rings is 1. The van der Waals surface area contributed by atoms with Crippen LogP contribution in [0, 0.1) is 18.8 Å². The predicted octanol–water partition coefficient (Wildman–Crippen LogP) is 3.50. The lowest BCUT2D eigenvalue weighted by Crippen LogP contribution is -2.39. The van der Waals surface area contributed by atoms with Gasteiger partial charge in [-0.15, -0.1) is 0 Å². The Bertz CT molecular complexity index is 553. The van der Waals surface area contributed by atoms with Crippen LogP contribution in [-0.2, 0) is 11.2 Å². The van der Waals surface area contributed by atoms with Crippen molar-refractivity contribution in [3.05, 3.63) is 23.2 Å². The second kappa shape index (κ2) is 7.66. The van der Waals surface area contributed by atoms with E-state index in [1.54, 1.807) is 6.92 Å². The van der Waals surface area contributed by atoms with Gasteiger partial charge < -0.3 is 14.4 Å². The summed E-state index contributed by atoms with van der Waals surface area (Å²) in [4.78, 5) is 25.5. The molecule has 23 heavy (non-hydrogen) atoms. The van der Waals surface area contributed by atoms with Crippen molar-refractivity contribution in [1.29, 1.82) is 0 Å². The van der Waals surface area contributed by atoms with Crippen LogP contribution in [0.1, 0.15) is 61.2 Å². The predicted molar refractivity (Wildman–Crippen MR) is 87.5 cm³/mol. The summed E-state index contributed by atoms with van der Waals surface area (Å²) in [6.07, 6.45) is 5.75. The summed E-state index contributed by atoms with van der Waals surface area (Å²) in [5, 5.41) is 8.95. The Morgan fingerprint density at radius 3 is 2.57 bits per heavy atom. The lowest BCUT2D eigenvalue weighted by Gasteiger charge is -2.32. The second-order valence-corrected chi connectivity index (χ2v) is 6.99. The van der Waals surface area contributed by atoms with E-state index < -0.39 is 5.97 Å². The summed E-state index contributed by atoms with van der Waals surface area (Å²) in [6, 6.07) is 0. The van der Waals surface area contributed by atoms with E-state index in [0.717, 1.165) is 31.8 Å². The lowest BCUT2D eigenvalue weighted by molar-refractivity contribution is -0.136. The molecule has 0 radical (unpaired) electrons. The van der Waals surface area contributed by atoms with Crippen LogP contribution in [0.3, 0.4) is 0 Å². The molecular formula is C18H27NO4. The molecule has 1 aromatic rings. The molecular weight excluding hydrogens is 294 g/mol. The fourth-order valence-corrected chi connectivity index (χ4v) is 3.20. The summed E-state index contributed by atoms with van der Waals surface area (Å²) in [5.74, 6) is 0.615. The molecule has 1 aliphatic rings. The molecule has 0 aromatic carbocycles. The second-order valence-electron chi connectivity index (χ2n) is 6.99. The van der Waals surface area contributed by atoms with Gasteiger partial charge in [-0.05, 0) is 31.6 Å². The highest BCUT2D eigenvalue weighted by atomic mass is 16.4. The Hall–Kier alpha value is -1.78. The summed E-state index contributed by atoms with van der Waals surface area (Å²) in [7, 11) is 0. The van der Waals surface area contributed by atoms with Crippen LogP contribution < -0.4 is 0 Å². The first-order chi connectivity index (χ1) is 10.9. The summed E-state index contributed by atoms with van der Waals surface area (Å²) in [5.41, 5.74) is 1.15. The third-order valence-electron chi connectivity index (χ3n) is 4.63. The van der Waals surface area contributed by atoms with Crippen molar-refractivity contribution in [3.8, 4) is 0 Å². The van der Waals surface area contributed by atoms with Gasteiger partial charge in [0.25, 0.3) is 5.91 Å². The van der Waals surface area contributed by atoms with E-state index in [4.69, 9.17) is 9.52 Å². The Kier molecular flexibility index (Phi) is 5.85. The average molecular weight is 321 g/mol. The number of furan rings is 1. The number of aliphatic carboxylic acids is 1. The smallest absolute Gasteiger partial charge is 0.311 e. The zero-order valence-electron chi connectivity index (χ0n) is 14.3. The van der Waals surface area contributed by atoms with Gasteiger partial charge in [0.1, 0.15) is 12.2 Å². The molecule has 1 amide bonds. The summed E-state index contributed by atoms with van der Waals surface area (Å²) >= 11 is 0. The van der Waals surface area contributed by atoms with Crippen LogP contribution in [-0.4, -0.2) is 35.0 Å². The minimum atomic E-state index is -0.985. The topological polar surface area (TPSA) is 70.7 Å². The molecule has 1 aliphatic heterocycles. The number of carbonyl (C=O) groups excluding carboxylic acids is 1. The maximum absolute atomic E-state index is 12.7. The van der Waals surface area contributed by atoms with Crippen molar-refractivity contribution >= 4 is 11.9 Å². The van der Waals surface area contributed by atoms with Crippen LogP contribution in [0.25, 0.3) is 0 Å². The van der Waals surface area contributed by atoms with E-state index in [-0.39, 0.29) is 18.1 Å². The fourth-order valence-electron chi connectivity index (χ4n) is 3.20. The van der Waals surface area contributed by atoms with Crippen LogP contribution in [0.2, 0.25) is 0 Å². The molecule has 1 N–H and O–H groups in total. The highest BCUT2D eigenvalue weighted by Crippen LogP contribution is 2.26. The highest BCUT2D eigenvalue weighted by Gasteiger charge is 2.28. The molecule has 0 bridgehead atoms. The minimum Gasteiger partial charge on any atom is -0.481 e. The first-order valence-corrected chi connectivity index (χ1v) is 8.46. The standard InChI is InChI=1S/C18H27NO4/c1-12(2)4-5-14-6-8-19(9-7-14)18(22)17-13(3)11-23-15(17)10-16(20)21/h11-12,14H,4-10H2,1-3H3,(H,20,21). The first-order valence-electron chi connectivity index (χ1n) is 8.46. The molecule has 1 aromatic heterocycles. The Balaban J connectivity index is 1.97. The zero-order chi connectivity index (χ0) is 17.0. The number of hydrogen-bond donors (Lipinski definition) is 1. The van der Waals surface area contributed by atoms with Crippen molar-refractivity contribution in [3.63, 3.8) is 0 Å². The van der Waals surface area contributed by atoms with Gasteiger partial charge in [-0.3, -0.25) is 9.59 Å². The normalized spacial score (nSPS) is 16.1. The number of carboxylic acids is 1. The number of carboxylic acid groups (broad SMARTS) is 1. The van der Waals surface area contributed by atoms with Crippen molar-refractivity contribution < 1.29 is 19.1 Å². The number of carbonyl (C=O) groups is 2. The highest BCUT2D eigenvalue weighted by molar-refractivity contribution is 5.97. The van der Waals surface area contributed by atoms with Crippen LogP contribution in [0.15, 0.2) is 10.7 Å². The molecule has 2 rings (SSSR count). The van der Waals surface area contributed by atoms with E-state index in [1.165, 1.54) is 19.1 Å². The van der Waals surface area contributed by atoms with Gasteiger partial charge in [-0.2, -0.15) is 0 Å². The Labute approximate surface area is 137 Å². The third-order valence-corrected chi connectivity index (χ3v) is 4.63. The van der Waals surface area contributed by atoms with E-state index >= 15 is 0 Å². The largest absolute Gasteiger partial charge is 0.481 e. The van der Waals surface area contributed by atoms with Gasteiger partial charge in [-0.1, -0.05) is 26.7 Å². The van der Waals surface area contributed by atoms with E-state index in [1.807, 2.05) is 4.90 Å². The lowest BCUT2D eigenvalue weighted by atomic mass is 9.89. The average Bonchev–Trinajstić information content (AvgIpc) is 2.85. The Morgan fingerprint density at radius 1 is 1.35 bits per heavy atom. The third kappa shape index (κ3) is 4.60. The molecule has 2 heterocycles. The van der Waals surface area contributed by atoms with Crippen molar-refractivity contribution in [1.82, 2.24) is 4.90 Å². The molecule has 5 heteroatoms. The molecule has 0 unspecified atom stereocenters. The van der Waals surface area contributed by atoms with Crippen molar-refractivity contribution in [2.24, 2.45) is 11.8 Å². The molecule has 0 saturated carbocycles. The maximum atomic E-state index is 12.7. The van der Waals surface area contributed by atoms with Gasteiger partial charge in [0.05, 0.1) is 11.8 Å². The quantitative estimate of drug-likeness (QED) is 0.870. The number of hydrogen-bond acceptors (Lipinski definition) is 3. The van der Waals surface area contributed by atoms with Gasteiger partial charge in [0, 0.05) is 18.7 Å². The first kappa shape index (κ1) is 17.6. The number of amides is 1. The van der Waals surface area contributed by atoms with E-state index in [9.17, 15) is 9.59 Å². The fraction of sp³-hybridized carbons (Fsp3) is 0.667. The molecule has 128 valence electrons. The molecule has 0 aliphatic carbocycles. The van der Waals surface area contributed by atoms with Gasteiger partial charge >= 0.3 is 5.97 Å². The minimum absolute atomic E-state index is 0.0881. The van der Waals surface area contributed by atoms with Crippen molar-refractivity contribution in [2.45, 2.75) is 52.9 Å². The number of aryl methyl sites for hydroxylation is 1. The van der Waals surface area contributed by atoms with Crippen LogP contribution in [0.4, 0.5) is 0 Å². The monoisotopic (exact) mass is 321 g/mol. The number of likely N-dealkylation sites (tertiary alicyclic amines) is 1. The van der Waals surface area contributed by atoms with Gasteiger partial charge in [0.2, 0.25) is 0 Å².